The van der Waals surface area contributed by atoms with Crippen LogP contribution >= 0.6 is 0 Å². The Hall–Kier alpha value is -6.26. The van der Waals surface area contributed by atoms with Gasteiger partial charge in [-0.1, -0.05) is 34.6 Å². The minimum atomic E-state index is -4.34. The van der Waals surface area contributed by atoms with Crippen molar-refractivity contribution in [2.24, 2.45) is 20.6 Å². The topological polar surface area (TPSA) is 326 Å². The van der Waals surface area contributed by atoms with Crippen LogP contribution < -0.4 is 41.0 Å². The lowest BCUT2D eigenvalue weighted by atomic mass is 10.1. The number of hydrogen-bond acceptors (Lipinski definition) is 18. The number of fused-ring (bicyclic) bond motifs is 2. The van der Waals surface area contributed by atoms with Gasteiger partial charge >= 0.3 is 0 Å². The van der Waals surface area contributed by atoms with Gasteiger partial charge in [-0.2, -0.15) is 16.8 Å². The van der Waals surface area contributed by atoms with Gasteiger partial charge in [-0.25, -0.2) is 26.2 Å². The highest BCUT2D eigenvalue weighted by Gasteiger charge is 2.34. The largest absolute Gasteiger partial charge is 0.504 e. The number of nitrogens with one attached hydrogen (secondary N) is 4. The van der Waals surface area contributed by atoms with Crippen LogP contribution in [0.25, 0.3) is 0 Å². The summed E-state index contributed by atoms with van der Waals surface area (Å²) in [6, 6.07) is 7.64. The molecule has 0 spiro atoms. The Bertz CT molecular complexity index is 3320. The predicted molar refractivity (Wildman–Crippen MR) is 271 cm³/mol. The molecule has 0 saturated carbocycles. The van der Waals surface area contributed by atoms with E-state index >= 15 is 0 Å². The zero-order valence-corrected chi connectivity index (χ0v) is 43.9. The fraction of sp³-hybridized carbons (Fsp3) is 0.476. The molecule has 4 heterocycles. The average Bonchev–Trinajstić information content (AvgIpc) is 3.22. The second-order valence-corrected chi connectivity index (χ2v) is 24.5. The highest BCUT2D eigenvalue weighted by molar-refractivity contribution is 7.92. The van der Waals surface area contributed by atoms with Crippen LogP contribution in [0, 0.1) is 11.8 Å². The van der Waals surface area contributed by atoms with Crippen molar-refractivity contribution in [2.45, 2.75) is 96.7 Å². The van der Waals surface area contributed by atoms with Crippen molar-refractivity contribution < 1.29 is 43.9 Å². The van der Waals surface area contributed by atoms with Crippen molar-refractivity contribution in [3.8, 4) is 11.5 Å². The van der Waals surface area contributed by atoms with E-state index in [-0.39, 0.29) is 97.9 Å². The summed E-state index contributed by atoms with van der Waals surface area (Å²) in [5, 5.41) is 36.3. The normalized spacial score (nSPS) is 14.8. The Morgan fingerprint density at radius 3 is 1.41 bits per heavy atom. The monoisotopic (exact) mass is 1050 g/mol. The summed E-state index contributed by atoms with van der Waals surface area (Å²) in [4.78, 5) is 29.4. The molecule has 0 radical (unpaired) electrons. The molecular weight excluding hydrogens is 993 g/mol. The van der Waals surface area contributed by atoms with Crippen LogP contribution in [0.3, 0.4) is 0 Å². The molecule has 0 saturated heterocycles. The standard InChI is InChI=1S/2C21H30N6O6S2/c1-12(2)9-10-27-21(29)17(18(28)20(23-27)26(5)13(3)4)19-22-15-8-7-14(24-34(6,30)31)11-16(15)35(32,33)25-19;1-6-10-26(4)20-18(28)17(21(29)27(23-20)11-9-13(2)3)19-22-15-8-7-14(24-34(5,30)31)12-16(15)35(32,33)25-19/h7-8,11-13,24,28H,9-10H2,1-6H3,(H,22,25);7-8,12-13,24,28H,6,9-11H2,1-5H3,(H,22,25). The molecule has 2 aromatic heterocycles. The van der Waals surface area contributed by atoms with Gasteiger partial charge in [0.15, 0.2) is 34.8 Å². The maximum absolute atomic E-state index is 13.3. The zero-order valence-electron chi connectivity index (χ0n) is 40.6. The fourth-order valence-electron chi connectivity index (χ4n) is 6.86. The number of rotatable bonds is 17. The quantitative estimate of drug-likeness (QED) is 0.0881. The smallest absolute Gasteiger partial charge is 0.286 e. The SMILES string of the molecule is CC(C)CCn1nc(N(C)C(C)C)c(O)c(C2=NS(=O)(=O)c3cc(NS(C)(=O)=O)ccc3N2)c1=O.CCCN(C)c1nn(CCC(C)C)c(=O)c(C2=NS(=O)(=O)c3cc(NS(C)(=O)=O)ccc3N2)c1O. The van der Waals surface area contributed by atoms with Crippen LogP contribution in [-0.2, 0) is 53.2 Å². The molecule has 4 aromatic rings. The number of anilines is 6. The van der Waals surface area contributed by atoms with E-state index in [2.05, 4.69) is 39.1 Å². The first-order valence-corrected chi connectivity index (χ1v) is 28.6. The lowest BCUT2D eigenvalue weighted by Gasteiger charge is -2.26. The van der Waals surface area contributed by atoms with E-state index in [4.69, 9.17) is 0 Å². The number of benzene rings is 2. The zero-order chi connectivity index (χ0) is 52.4. The van der Waals surface area contributed by atoms with Crippen molar-refractivity contribution in [2.75, 3.05) is 63.0 Å². The number of aryl methyl sites for hydroxylation is 2. The van der Waals surface area contributed by atoms with Crippen molar-refractivity contribution in [3.05, 3.63) is 68.2 Å². The number of amidine groups is 2. The highest BCUT2D eigenvalue weighted by Crippen LogP contribution is 2.36. The van der Waals surface area contributed by atoms with Gasteiger partial charge in [0.1, 0.15) is 20.9 Å². The van der Waals surface area contributed by atoms with Crippen LogP contribution in [0.1, 0.15) is 78.9 Å². The molecule has 6 rings (SSSR count). The highest BCUT2D eigenvalue weighted by atomic mass is 32.2. The first kappa shape index (κ1) is 54.7. The molecule has 70 heavy (non-hydrogen) atoms. The van der Waals surface area contributed by atoms with E-state index in [1.54, 1.807) is 23.9 Å². The molecule has 2 aliphatic heterocycles. The fourth-order valence-corrected chi connectivity index (χ4v) is 10.3. The molecule has 2 aliphatic rings. The second-order valence-electron chi connectivity index (χ2n) is 17.9. The van der Waals surface area contributed by atoms with Crippen molar-refractivity contribution in [3.63, 3.8) is 0 Å². The molecule has 0 unspecified atom stereocenters. The van der Waals surface area contributed by atoms with E-state index in [1.165, 1.54) is 33.6 Å². The molecule has 0 aliphatic carbocycles. The van der Waals surface area contributed by atoms with Gasteiger partial charge in [0.25, 0.3) is 31.2 Å². The molecule has 0 fully saturated rings. The van der Waals surface area contributed by atoms with Gasteiger partial charge in [-0.3, -0.25) is 19.0 Å². The van der Waals surface area contributed by atoms with E-state index < -0.39 is 62.7 Å². The van der Waals surface area contributed by atoms with Gasteiger partial charge in [0.2, 0.25) is 20.0 Å². The minimum Gasteiger partial charge on any atom is -0.504 e. The summed E-state index contributed by atoms with van der Waals surface area (Å²) in [6.45, 7) is 14.8. The van der Waals surface area contributed by atoms with Gasteiger partial charge in [0.05, 0.1) is 23.9 Å². The Kier molecular flexibility index (Phi) is 16.4. The summed E-state index contributed by atoms with van der Waals surface area (Å²) in [6.07, 6.45) is 3.92. The summed E-state index contributed by atoms with van der Waals surface area (Å²) in [7, 11) is -12.5. The van der Waals surface area contributed by atoms with Crippen LogP contribution in [0.5, 0.6) is 11.5 Å². The van der Waals surface area contributed by atoms with E-state index in [0.717, 1.165) is 31.1 Å². The van der Waals surface area contributed by atoms with Crippen LogP contribution in [-0.4, -0.2) is 114 Å². The predicted octanol–water partition coefficient (Wildman–Crippen LogP) is 3.55. The maximum Gasteiger partial charge on any atom is 0.286 e. The van der Waals surface area contributed by atoms with E-state index in [1.807, 2.05) is 48.5 Å². The third kappa shape index (κ3) is 12.9. The number of hydrogen-bond donors (Lipinski definition) is 6. The summed E-state index contributed by atoms with van der Waals surface area (Å²) < 4.78 is 112. The van der Waals surface area contributed by atoms with Gasteiger partial charge in [0, 0.05) is 51.1 Å². The van der Waals surface area contributed by atoms with E-state index in [0.29, 0.717) is 19.4 Å². The van der Waals surface area contributed by atoms with Gasteiger partial charge in [-0.15, -0.1) is 19.0 Å². The number of aromatic nitrogens is 4. The van der Waals surface area contributed by atoms with Crippen LogP contribution in [0.2, 0.25) is 0 Å². The van der Waals surface area contributed by atoms with Gasteiger partial charge in [-0.05, 0) is 81.3 Å². The molecule has 28 heteroatoms. The average molecular weight is 1050 g/mol. The molecule has 384 valence electrons. The summed E-state index contributed by atoms with van der Waals surface area (Å²) in [5.74, 6) is -0.855. The van der Waals surface area contributed by atoms with Gasteiger partial charge < -0.3 is 30.6 Å². The third-order valence-corrected chi connectivity index (χ3v) is 14.5. The molecule has 6 N–H and O–H groups in total. The maximum atomic E-state index is 13.3. The number of aromatic hydroxyl groups is 2. The summed E-state index contributed by atoms with van der Waals surface area (Å²) >= 11 is 0. The Morgan fingerprint density at radius 1 is 0.671 bits per heavy atom. The molecular formula is C42H60N12O12S4. The van der Waals surface area contributed by atoms with Crippen molar-refractivity contribution >= 4 is 86.1 Å². The molecule has 0 bridgehead atoms. The van der Waals surface area contributed by atoms with Crippen LogP contribution in [0.15, 0.2) is 64.6 Å². The first-order chi connectivity index (χ1) is 32.3. The molecule has 2 aromatic carbocycles. The van der Waals surface area contributed by atoms with Crippen LogP contribution in [0.4, 0.5) is 34.4 Å². The number of nitrogens with zero attached hydrogens (tertiary/aromatic N) is 8. The molecule has 0 amide bonds. The summed E-state index contributed by atoms with van der Waals surface area (Å²) in [5.41, 5.74) is -1.76. The lowest BCUT2D eigenvalue weighted by Crippen LogP contribution is -2.37. The Balaban J connectivity index is 0.000000261. The third-order valence-electron chi connectivity index (χ3n) is 10.6. The minimum absolute atomic E-state index is 0.0407. The second kappa shape index (κ2) is 21.0. The van der Waals surface area contributed by atoms with Crippen molar-refractivity contribution in [1.29, 1.82) is 0 Å². The molecule has 24 nitrogen and oxygen atoms in total. The number of sulfonamides is 4. The van der Waals surface area contributed by atoms with Crippen molar-refractivity contribution in [1.82, 2.24) is 19.6 Å². The van der Waals surface area contributed by atoms with E-state index in [9.17, 15) is 53.5 Å². The Labute approximate surface area is 407 Å². The first-order valence-electron chi connectivity index (χ1n) is 21.9. The Morgan fingerprint density at radius 2 is 1.06 bits per heavy atom. The lowest BCUT2D eigenvalue weighted by molar-refractivity contribution is 0.438. The molecule has 0 atom stereocenters.